The van der Waals surface area contributed by atoms with Crippen molar-refractivity contribution in [1.29, 1.82) is 0 Å². The molecule has 2 aromatic carbocycles. The van der Waals surface area contributed by atoms with E-state index < -0.39 is 0 Å². The van der Waals surface area contributed by atoms with Crippen molar-refractivity contribution < 1.29 is 9.90 Å². The van der Waals surface area contributed by atoms with Crippen molar-refractivity contribution in [1.82, 2.24) is 0 Å². The van der Waals surface area contributed by atoms with Crippen molar-refractivity contribution in [3.63, 3.8) is 0 Å². The fourth-order valence-electron chi connectivity index (χ4n) is 1.66. The molecule has 0 atom stereocenters. The van der Waals surface area contributed by atoms with Gasteiger partial charge in [0.2, 0.25) is 0 Å². The fourth-order valence-corrected chi connectivity index (χ4v) is 1.81. The lowest BCUT2D eigenvalue weighted by molar-refractivity contribution is 0.103. The predicted octanol–water partition coefficient (Wildman–Crippen LogP) is 3.82. The first kappa shape index (κ1) is 16.5. The second kappa shape index (κ2) is 7.88. The molecule has 3 heteroatoms. The summed E-state index contributed by atoms with van der Waals surface area (Å²) >= 11 is 4.21. The Morgan fingerprint density at radius 3 is 2.00 bits per heavy atom. The van der Waals surface area contributed by atoms with Crippen LogP contribution in [0, 0.1) is 13.8 Å². The molecular formula is C17H20O2S. The lowest BCUT2D eigenvalue weighted by atomic mass is 9.99. The van der Waals surface area contributed by atoms with Gasteiger partial charge >= 0.3 is 0 Å². The first-order chi connectivity index (χ1) is 9.49. The van der Waals surface area contributed by atoms with Gasteiger partial charge in [0, 0.05) is 22.6 Å². The molecule has 2 aromatic rings. The van der Waals surface area contributed by atoms with Gasteiger partial charge in [0.1, 0.15) is 0 Å². The summed E-state index contributed by atoms with van der Waals surface area (Å²) in [6.45, 7) is 5.99. The van der Waals surface area contributed by atoms with Crippen molar-refractivity contribution in [2.24, 2.45) is 0 Å². The monoisotopic (exact) mass is 288 g/mol. The maximum absolute atomic E-state index is 12.2. The number of ketones is 1. The van der Waals surface area contributed by atoms with E-state index in [0.29, 0.717) is 5.56 Å². The highest BCUT2D eigenvalue weighted by Crippen LogP contribution is 2.15. The minimum Gasteiger partial charge on any atom is -0.397 e. The summed E-state index contributed by atoms with van der Waals surface area (Å²) in [6, 6.07) is 13.1. The van der Waals surface area contributed by atoms with Gasteiger partial charge in [-0.2, -0.15) is 0 Å². The highest BCUT2D eigenvalue weighted by Gasteiger charge is 2.09. The molecule has 106 valence electrons. The molecule has 0 aliphatic rings. The molecule has 0 aliphatic heterocycles. The summed E-state index contributed by atoms with van der Waals surface area (Å²) in [5.74, 6) is 0.0569. The molecule has 0 saturated carbocycles. The van der Waals surface area contributed by atoms with Gasteiger partial charge in [-0.3, -0.25) is 4.79 Å². The highest BCUT2D eigenvalue weighted by molar-refractivity contribution is 7.80. The summed E-state index contributed by atoms with van der Waals surface area (Å²) in [6.07, 6.45) is 0. The minimum atomic E-state index is 0.0569. The predicted molar refractivity (Wildman–Crippen MR) is 85.8 cm³/mol. The number of rotatable bonds is 2. The third kappa shape index (κ3) is 4.51. The Morgan fingerprint density at radius 2 is 1.50 bits per heavy atom. The summed E-state index contributed by atoms with van der Waals surface area (Å²) in [7, 11) is 0. The van der Waals surface area contributed by atoms with E-state index in [9.17, 15) is 4.79 Å². The van der Waals surface area contributed by atoms with Crippen LogP contribution in [0.2, 0.25) is 0 Å². The number of carbonyl (C=O) groups excluding carboxylic acids is 1. The summed E-state index contributed by atoms with van der Waals surface area (Å²) < 4.78 is 0. The zero-order valence-electron chi connectivity index (χ0n) is 12.1. The second-order valence-corrected chi connectivity index (χ2v) is 5.01. The van der Waals surface area contributed by atoms with E-state index in [1.54, 1.807) is 19.1 Å². The van der Waals surface area contributed by atoms with Crippen LogP contribution in [0.1, 0.15) is 34.0 Å². The quantitative estimate of drug-likeness (QED) is 0.651. The third-order valence-electron chi connectivity index (χ3n) is 2.90. The summed E-state index contributed by atoms with van der Waals surface area (Å²) in [5.41, 5.74) is 3.78. The average molecular weight is 288 g/mol. The van der Waals surface area contributed by atoms with Crippen molar-refractivity contribution in [3.8, 4) is 0 Å². The fraction of sp³-hybridized carbons (Fsp3) is 0.235. The summed E-state index contributed by atoms with van der Waals surface area (Å²) in [5, 5.41) is 7.57. The minimum absolute atomic E-state index is 0.0569. The topological polar surface area (TPSA) is 37.3 Å². The number of aliphatic hydroxyl groups is 1. The molecule has 0 bridgehead atoms. The number of aryl methyl sites for hydroxylation is 2. The molecule has 0 heterocycles. The van der Waals surface area contributed by atoms with Crippen LogP contribution in [0.25, 0.3) is 0 Å². The largest absolute Gasteiger partial charge is 0.397 e. The van der Waals surface area contributed by atoms with Crippen LogP contribution in [0.15, 0.2) is 47.4 Å². The normalized spacial score (nSPS) is 9.65. The highest BCUT2D eigenvalue weighted by atomic mass is 32.1. The number of benzene rings is 2. The molecule has 2 nitrogen and oxygen atoms in total. The Bertz CT molecular complexity index is 574. The van der Waals surface area contributed by atoms with Gasteiger partial charge in [-0.05, 0) is 62.2 Å². The zero-order chi connectivity index (χ0) is 15.1. The van der Waals surface area contributed by atoms with Gasteiger partial charge < -0.3 is 5.11 Å². The first-order valence-electron chi connectivity index (χ1n) is 6.51. The molecule has 0 aliphatic carbocycles. The lowest BCUT2D eigenvalue weighted by Gasteiger charge is -2.05. The van der Waals surface area contributed by atoms with Gasteiger partial charge in [0.25, 0.3) is 0 Å². The van der Waals surface area contributed by atoms with E-state index >= 15 is 0 Å². The second-order valence-electron chi connectivity index (χ2n) is 4.49. The van der Waals surface area contributed by atoms with Crippen molar-refractivity contribution in [3.05, 3.63) is 64.7 Å². The molecule has 0 amide bonds. The molecular weight excluding hydrogens is 268 g/mol. The molecule has 0 radical (unpaired) electrons. The van der Waals surface area contributed by atoms with E-state index in [-0.39, 0.29) is 12.4 Å². The molecule has 20 heavy (non-hydrogen) atoms. The Hall–Kier alpha value is -1.58. The lowest BCUT2D eigenvalue weighted by Crippen LogP contribution is -2.01. The van der Waals surface area contributed by atoms with Crippen molar-refractivity contribution in [2.45, 2.75) is 25.7 Å². The van der Waals surface area contributed by atoms with E-state index in [1.165, 1.54) is 5.56 Å². The average Bonchev–Trinajstić information content (AvgIpc) is 2.43. The Balaban J connectivity index is 0.000000612. The molecule has 2 rings (SSSR count). The van der Waals surface area contributed by atoms with Gasteiger partial charge in [-0.25, -0.2) is 0 Å². The van der Waals surface area contributed by atoms with Crippen LogP contribution in [0.3, 0.4) is 0 Å². The number of hydrogen-bond donors (Lipinski definition) is 2. The van der Waals surface area contributed by atoms with Gasteiger partial charge in [-0.15, -0.1) is 12.6 Å². The molecule has 0 fully saturated rings. The van der Waals surface area contributed by atoms with Crippen molar-refractivity contribution >= 4 is 18.4 Å². The van der Waals surface area contributed by atoms with E-state index in [1.807, 2.05) is 44.2 Å². The molecule has 0 saturated heterocycles. The maximum atomic E-state index is 12.2. The number of carbonyl (C=O) groups is 1. The Morgan fingerprint density at radius 1 is 1.00 bits per heavy atom. The first-order valence-corrected chi connectivity index (χ1v) is 6.96. The molecule has 0 unspecified atom stereocenters. The summed E-state index contributed by atoms with van der Waals surface area (Å²) in [4.78, 5) is 13.1. The zero-order valence-corrected chi connectivity index (χ0v) is 12.9. The van der Waals surface area contributed by atoms with Gasteiger partial charge in [-0.1, -0.05) is 12.1 Å². The number of hydrogen-bond acceptors (Lipinski definition) is 3. The van der Waals surface area contributed by atoms with Crippen LogP contribution >= 0.6 is 12.6 Å². The van der Waals surface area contributed by atoms with E-state index in [0.717, 1.165) is 16.0 Å². The van der Waals surface area contributed by atoms with Crippen LogP contribution in [0.4, 0.5) is 0 Å². The van der Waals surface area contributed by atoms with Crippen LogP contribution < -0.4 is 0 Å². The van der Waals surface area contributed by atoms with Crippen molar-refractivity contribution in [2.75, 3.05) is 6.61 Å². The number of aliphatic hydroxyl groups excluding tert-OH is 1. The van der Waals surface area contributed by atoms with Crippen LogP contribution in [-0.4, -0.2) is 17.5 Å². The van der Waals surface area contributed by atoms with Gasteiger partial charge in [0.15, 0.2) is 5.78 Å². The smallest absolute Gasteiger partial charge is 0.193 e. The third-order valence-corrected chi connectivity index (χ3v) is 3.20. The SMILES string of the molecule is CCO.Cc1ccc(C(=O)c2ccc(S)cc2)cc1C. The standard InChI is InChI=1S/C15H14OS.C2H6O/c1-10-3-4-13(9-11(10)2)15(16)12-5-7-14(17)8-6-12;1-2-3/h3-9,17H,1-2H3;3H,2H2,1H3. The Labute approximate surface area is 125 Å². The van der Waals surface area contributed by atoms with E-state index in [4.69, 9.17) is 5.11 Å². The molecule has 0 aromatic heterocycles. The van der Waals surface area contributed by atoms with E-state index in [2.05, 4.69) is 12.6 Å². The van der Waals surface area contributed by atoms with Crippen LogP contribution in [0.5, 0.6) is 0 Å². The molecule has 1 N–H and O–H groups in total. The molecule has 0 spiro atoms. The van der Waals surface area contributed by atoms with Crippen LogP contribution in [-0.2, 0) is 0 Å². The number of thiol groups is 1. The maximum Gasteiger partial charge on any atom is 0.193 e. The Kier molecular flexibility index (Phi) is 6.49. The van der Waals surface area contributed by atoms with Gasteiger partial charge in [0.05, 0.1) is 0 Å².